The Morgan fingerprint density at radius 2 is 1.95 bits per heavy atom. The zero-order chi connectivity index (χ0) is 14.3. The van der Waals surface area contributed by atoms with E-state index < -0.39 is 5.54 Å². The third kappa shape index (κ3) is 5.72. The molecule has 106 valence electrons. The van der Waals surface area contributed by atoms with Gasteiger partial charge in [-0.1, -0.05) is 12.1 Å². The minimum absolute atomic E-state index is 0.117. The van der Waals surface area contributed by atoms with Gasteiger partial charge in [0.15, 0.2) is 0 Å². The molecule has 19 heavy (non-hydrogen) atoms. The van der Waals surface area contributed by atoms with E-state index in [4.69, 9.17) is 9.84 Å². The molecule has 3 N–H and O–H groups in total. The summed E-state index contributed by atoms with van der Waals surface area (Å²) in [5.41, 5.74) is 1.12. The third-order valence-electron chi connectivity index (χ3n) is 2.53. The van der Waals surface area contributed by atoms with Gasteiger partial charge in [-0.2, -0.15) is 0 Å². The molecule has 0 aliphatic heterocycles. The SMILES string of the molecule is CCOCc1ccc(NC(=O)NC(C)(C)CO)cc1. The molecular formula is C14H22N2O3. The van der Waals surface area contributed by atoms with Gasteiger partial charge in [0.25, 0.3) is 0 Å². The van der Waals surface area contributed by atoms with Crippen molar-refractivity contribution in [3.63, 3.8) is 0 Å². The Kier molecular flexibility index (Phi) is 5.79. The van der Waals surface area contributed by atoms with Gasteiger partial charge in [-0.05, 0) is 38.5 Å². The lowest BCUT2D eigenvalue weighted by atomic mass is 10.1. The number of aliphatic hydroxyl groups is 1. The number of aliphatic hydroxyl groups excluding tert-OH is 1. The number of hydrogen-bond acceptors (Lipinski definition) is 3. The molecule has 1 rings (SSSR count). The predicted molar refractivity (Wildman–Crippen MR) is 75.1 cm³/mol. The second-order valence-electron chi connectivity index (χ2n) is 4.96. The van der Waals surface area contributed by atoms with Crippen LogP contribution in [0.3, 0.4) is 0 Å². The fourth-order valence-corrected chi connectivity index (χ4v) is 1.41. The van der Waals surface area contributed by atoms with Gasteiger partial charge >= 0.3 is 6.03 Å². The summed E-state index contributed by atoms with van der Waals surface area (Å²) < 4.78 is 5.29. The molecular weight excluding hydrogens is 244 g/mol. The normalized spacial score (nSPS) is 11.2. The first kappa shape index (κ1) is 15.5. The number of carbonyl (C=O) groups excluding carboxylic acids is 1. The topological polar surface area (TPSA) is 70.6 Å². The zero-order valence-electron chi connectivity index (χ0n) is 11.7. The van der Waals surface area contributed by atoms with Crippen LogP contribution in [-0.4, -0.2) is 29.9 Å². The van der Waals surface area contributed by atoms with E-state index in [1.54, 1.807) is 13.8 Å². The van der Waals surface area contributed by atoms with Crippen molar-refractivity contribution in [1.82, 2.24) is 5.32 Å². The van der Waals surface area contributed by atoms with Crippen LogP contribution >= 0.6 is 0 Å². The molecule has 5 nitrogen and oxygen atoms in total. The summed E-state index contributed by atoms with van der Waals surface area (Å²) in [5, 5.41) is 14.5. The highest BCUT2D eigenvalue weighted by molar-refractivity contribution is 5.89. The van der Waals surface area contributed by atoms with Crippen molar-refractivity contribution in [2.45, 2.75) is 32.9 Å². The molecule has 0 aliphatic rings. The van der Waals surface area contributed by atoms with Gasteiger partial charge in [-0.25, -0.2) is 4.79 Å². The van der Waals surface area contributed by atoms with Gasteiger partial charge in [-0.15, -0.1) is 0 Å². The number of nitrogens with one attached hydrogen (secondary N) is 2. The maximum Gasteiger partial charge on any atom is 0.319 e. The van der Waals surface area contributed by atoms with Crippen molar-refractivity contribution in [2.24, 2.45) is 0 Å². The van der Waals surface area contributed by atoms with E-state index in [2.05, 4.69) is 10.6 Å². The van der Waals surface area contributed by atoms with Crippen LogP contribution in [0.2, 0.25) is 0 Å². The van der Waals surface area contributed by atoms with Crippen molar-refractivity contribution in [3.05, 3.63) is 29.8 Å². The fraction of sp³-hybridized carbons (Fsp3) is 0.500. The van der Waals surface area contributed by atoms with Crippen LogP contribution in [0.1, 0.15) is 26.3 Å². The smallest absolute Gasteiger partial charge is 0.319 e. The van der Waals surface area contributed by atoms with Gasteiger partial charge < -0.3 is 20.5 Å². The molecule has 0 heterocycles. The first-order valence-electron chi connectivity index (χ1n) is 6.33. The van der Waals surface area contributed by atoms with Gasteiger partial charge in [0, 0.05) is 12.3 Å². The second-order valence-corrected chi connectivity index (χ2v) is 4.96. The molecule has 0 unspecified atom stereocenters. The van der Waals surface area contributed by atoms with E-state index in [0.29, 0.717) is 18.9 Å². The van der Waals surface area contributed by atoms with E-state index in [1.165, 1.54) is 0 Å². The minimum atomic E-state index is -0.640. The summed E-state index contributed by atoms with van der Waals surface area (Å²) in [6, 6.07) is 7.11. The monoisotopic (exact) mass is 266 g/mol. The van der Waals surface area contributed by atoms with Crippen LogP contribution < -0.4 is 10.6 Å². The van der Waals surface area contributed by atoms with Gasteiger partial charge in [0.05, 0.1) is 18.8 Å². The summed E-state index contributed by atoms with van der Waals surface area (Å²) in [6.07, 6.45) is 0. The average Bonchev–Trinajstić information content (AvgIpc) is 2.37. The molecule has 0 aliphatic carbocycles. The highest BCUT2D eigenvalue weighted by Crippen LogP contribution is 2.11. The van der Waals surface area contributed by atoms with E-state index in [1.807, 2.05) is 31.2 Å². The lowest BCUT2D eigenvalue weighted by Crippen LogP contribution is -2.48. The number of urea groups is 1. The first-order chi connectivity index (χ1) is 8.96. The van der Waals surface area contributed by atoms with Crippen molar-refractivity contribution in [2.75, 3.05) is 18.5 Å². The lowest BCUT2D eigenvalue weighted by molar-refractivity contribution is 0.134. The highest BCUT2D eigenvalue weighted by atomic mass is 16.5. The van der Waals surface area contributed by atoms with Gasteiger partial charge in [0.1, 0.15) is 0 Å². The summed E-state index contributed by atoms with van der Waals surface area (Å²) >= 11 is 0. The molecule has 0 bridgehead atoms. The first-order valence-corrected chi connectivity index (χ1v) is 6.33. The molecule has 0 spiro atoms. The summed E-state index contributed by atoms with van der Waals surface area (Å²) in [5.74, 6) is 0. The predicted octanol–water partition coefficient (Wildman–Crippen LogP) is 2.12. The number of rotatable bonds is 6. The highest BCUT2D eigenvalue weighted by Gasteiger charge is 2.18. The standard InChI is InChI=1S/C14H22N2O3/c1-4-19-9-11-5-7-12(8-6-11)15-13(18)16-14(2,3)10-17/h5-8,17H,4,9-10H2,1-3H3,(H2,15,16,18). The van der Waals surface area contributed by atoms with Crippen LogP contribution in [0.25, 0.3) is 0 Å². The summed E-state index contributed by atoms with van der Waals surface area (Å²) in [6.45, 7) is 6.57. The Bertz CT molecular complexity index is 402. The van der Waals surface area contributed by atoms with E-state index in [0.717, 1.165) is 5.56 Å². The zero-order valence-corrected chi connectivity index (χ0v) is 11.7. The van der Waals surface area contributed by atoms with Crippen molar-refractivity contribution in [3.8, 4) is 0 Å². The van der Waals surface area contributed by atoms with Crippen molar-refractivity contribution in [1.29, 1.82) is 0 Å². The minimum Gasteiger partial charge on any atom is -0.394 e. The Hall–Kier alpha value is -1.59. The molecule has 1 aromatic rings. The summed E-state index contributed by atoms with van der Waals surface area (Å²) in [4.78, 5) is 11.7. The largest absolute Gasteiger partial charge is 0.394 e. The number of amides is 2. The maximum absolute atomic E-state index is 11.7. The van der Waals surface area contributed by atoms with Crippen LogP contribution in [0.15, 0.2) is 24.3 Å². The van der Waals surface area contributed by atoms with Crippen LogP contribution in [0.4, 0.5) is 10.5 Å². The third-order valence-corrected chi connectivity index (χ3v) is 2.53. The Balaban J connectivity index is 2.51. The maximum atomic E-state index is 11.7. The Labute approximate surface area is 114 Å². The number of carbonyl (C=O) groups is 1. The Morgan fingerprint density at radius 1 is 1.32 bits per heavy atom. The lowest BCUT2D eigenvalue weighted by Gasteiger charge is -2.23. The number of ether oxygens (including phenoxy) is 1. The molecule has 0 fully saturated rings. The molecule has 2 amide bonds. The van der Waals surface area contributed by atoms with Gasteiger partial charge in [-0.3, -0.25) is 0 Å². The number of anilines is 1. The molecule has 0 radical (unpaired) electrons. The molecule has 0 aromatic heterocycles. The molecule has 0 atom stereocenters. The average molecular weight is 266 g/mol. The van der Waals surface area contributed by atoms with Crippen molar-refractivity contribution < 1.29 is 14.6 Å². The molecule has 5 heteroatoms. The van der Waals surface area contributed by atoms with Crippen LogP contribution in [-0.2, 0) is 11.3 Å². The van der Waals surface area contributed by atoms with E-state index in [9.17, 15) is 4.79 Å². The van der Waals surface area contributed by atoms with Crippen LogP contribution in [0, 0.1) is 0 Å². The number of hydrogen-bond donors (Lipinski definition) is 3. The fourth-order valence-electron chi connectivity index (χ4n) is 1.41. The van der Waals surface area contributed by atoms with Gasteiger partial charge in [0.2, 0.25) is 0 Å². The molecule has 1 aromatic carbocycles. The van der Waals surface area contributed by atoms with Crippen molar-refractivity contribution >= 4 is 11.7 Å². The quantitative estimate of drug-likeness (QED) is 0.738. The van der Waals surface area contributed by atoms with E-state index in [-0.39, 0.29) is 12.6 Å². The van der Waals surface area contributed by atoms with E-state index >= 15 is 0 Å². The summed E-state index contributed by atoms with van der Waals surface area (Å²) in [7, 11) is 0. The second kappa shape index (κ2) is 7.11. The molecule has 0 saturated heterocycles. The number of benzene rings is 1. The Morgan fingerprint density at radius 3 is 2.47 bits per heavy atom. The van der Waals surface area contributed by atoms with Crippen LogP contribution in [0.5, 0.6) is 0 Å². The molecule has 0 saturated carbocycles.